The quantitative estimate of drug-likeness (QED) is 0.0807. The predicted molar refractivity (Wildman–Crippen MR) is 159 cm³/mol. The Morgan fingerprint density at radius 2 is 1.45 bits per heavy atom. The minimum atomic E-state index is -4.35. The molecule has 0 aliphatic carbocycles. The molecule has 3 N–H and O–H groups in total. The van der Waals surface area contributed by atoms with Crippen molar-refractivity contribution in [3.05, 3.63) is 35.9 Å². The Bertz CT molecular complexity index is 826. The first-order valence-corrected chi connectivity index (χ1v) is 16.7. The number of ether oxygens (including phenoxy) is 1. The van der Waals surface area contributed by atoms with Crippen LogP contribution in [0.15, 0.2) is 30.3 Å². The summed E-state index contributed by atoms with van der Waals surface area (Å²) in [5, 5.41) is 5.44. The lowest BCUT2D eigenvalue weighted by Gasteiger charge is -2.20. The van der Waals surface area contributed by atoms with Crippen molar-refractivity contribution >= 4 is 19.8 Å². The normalized spacial score (nSPS) is 13.4. The second-order valence-electron chi connectivity index (χ2n) is 10.3. The number of benzene rings is 1. The van der Waals surface area contributed by atoms with Crippen LogP contribution in [0.4, 0.5) is 4.79 Å². The molecule has 2 unspecified atom stereocenters. The number of nitrogens with one attached hydrogen (secondary N) is 2. The van der Waals surface area contributed by atoms with Crippen LogP contribution in [0.1, 0.15) is 116 Å². The molecule has 10 heteroatoms. The number of unbranched alkanes of at least 4 members (excludes halogenated alkanes) is 11. The van der Waals surface area contributed by atoms with Gasteiger partial charge in [0.1, 0.15) is 6.61 Å². The van der Waals surface area contributed by atoms with E-state index in [0.717, 1.165) is 50.5 Å². The maximum Gasteiger partial charge on any atom is 0.472 e. The highest BCUT2D eigenvalue weighted by Crippen LogP contribution is 2.43. The van der Waals surface area contributed by atoms with Gasteiger partial charge >= 0.3 is 13.9 Å². The summed E-state index contributed by atoms with van der Waals surface area (Å²) in [6, 6.07) is 8.89. The first-order valence-electron chi connectivity index (χ1n) is 15.2. The van der Waals surface area contributed by atoms with Gasteiger partial charge < -0.3 is 20.3 Å². The van der Waals surface area contributed by atoms with E-state index in [0.29, 0.717) is 12.8 Å². The summed E-state index contributed by atoms with van der Waals surface area (Å²) < 4.78 is 27.6. The fraction of sp³-hybridized carbons (Fsp3) is 0.733. The maximum atomic E-state index is 12.5. The van der Waals surface area contributed by atoms with Gasteiger partial charge in [-0.15, -0.1) is 0 Å². The van der Waals surface area contributed by atoms with Crippen LogP contribution in [0.25, 0.3) is 0 Å². The standard InChI is InChI=1S/C30H53N2O7P/c1-3-5-7-9-10-11-12-13-18-22-29(33)32-28(21-17-8-6-4-2)26-39-40(35,36)38-24-23-31-30(34)37-25-27-19-15-14-16-20-27/h14-16,19-20,28H,3-13,17-18,21-26H2,1-2H3,(H,31,34)(H,32,33)(H,35,36). The number of carbonyl (C=O) groups is 2. The number of phosphoric ester groups is 1. The van der Waals surface area contributed by atoms with E-state index in [4.69, 9.17) is 13.8 Å². The molecular weight excluding hydrogens is 531 g/mol. The van der Waals surface area contributed by atoms with Gasteiger partial charge in [-0.05, 0) is 18.4 Å². The molecule has 0 saturated heterocycles. The van der Waals surface area contributed by atoms with Crippen molar-refractivity contribution in [2.75, 3.05) is 19.8 Å². The number of phosphoric acid groups is 1. The van der Waals surface area contributed by atoms with Gasteiger partial charge in [0, 0.05) is 13.0 Å². The van der Waals surface area contributed by atoms with Crippen molar-refractivity contribution in [3.63, 3.8) is 0 Å². The zero-order valence-corrected chi connectivity index (χ0v) is 25.6. The number of hydrogen-bond donors (Lipinski definition) is 3. The molecule has 1 aromatic carbocycles. The van der Waals surface area contributed by atoms with Crippen molar-refractivity contribution in [1.82, 2.24) is 10.6 Å². The fourth-order valence-corrected chi connectivity index (χ4v) is 4.99. The molecule has 0 aliphatic rings. The van der Waals surface area contributed by atoms with Crippen molar-refractivity contribution in [1.29, 1.82) is 0 Å². The molecule has 0 aliphatic heterocycles. The fourth-order valence-electron chi connectivity index (χ4n) is 4.22. The van der Waals surface area contributed by atoms with E-state index in [1.807, 2.05) is 30.3 Å². The average molecular weight is 585 g/mol. The van der Waals surface area contributed by atoms with E-state index >= 15 is 0 Å². The minimum absolute atomic E-state index is 0.0164. The smallest absolute Gasteiger partial charge is 0.445 e. The van der Waals surface area contributed by atoms with Crippen molar-refractivity contribution < 1.29 is 32.8 Å². The van der Waals surface area contributed by atoms with Gasteiger partial charge in [-0.1, -0.05) is 121 Å². The minimum Gasteiger partial charge on any atom is -0.445 e. The third-order valence-corrected chi connectivity index (χ3v) is 7.54. The molecule has 0 saturated carbocycles. The van der Waals surface area contributed by atoms with Gasteiger partial charge in [0.15, 0.2) is 0 Å². The van der Waals surface area contributed by atoms with E-state index in [1.165, 1.54) is 38.5 Å². The monoisotopic (exact) mass is 584 g/mol. The third kappa shape index (κ3) is 20.9. The molecule has 1 aromatic rings. The molecule has 2 atom stereocenters. The topological polar surface area (TPSA) is 123 Å². The lowest BCUT2D eigenvalue weighted by Crippen LogP contribution is -2.38. The number of hydrogen-bond acceptors (Lipinski definition) is 6. The van der Waals surface area contributed by atoms with Crippen LogP contribution in [-0.2, 0) is 29.8 Å². The Morgan fingerprint density at radius 3 is 2.10 bits per heavy atom. The highest BCUT2D eigenvalue weighted by Gasteiger charge is 2.24. The second kappa shape index (κ2) is 23.7. The molecule has 1 rings (SSSR count). The van der Waals surface area contributed by atoms with Crippen LogP contribution in [0, 0.1) is 0 Å². The Kier molecular flexibility index (Phi) is 21.4. The molecule has 230 valence electrons. The largest absolute Gasteiger partial charge is 0.472 e. The Morgan fingerprint density at radius 1 is 0.850 bits per heavy atom. The summed E-state index contributed by atoms with van der Waals surface area (Å²) in [4.78, 5) is 34.4. The van der Waals surface area contributed by atoms with E-state index in [-0.39, 0.29) is 38.3 Å². The van der Waals surface area contributed by atoms with Gasteiger partial charge in [0.05, 0.1) is 19.3 Å². The molecule has 0 fully saturated rings. The molecule has 0 radical (unpaired) electrons. The number of carbonyl (C=O) groups excluding carboxylic acids is 2. The first kappa shape index (κ1) is 36.1. The van der Waals surface area contributed by atoms with Crippen LogP contribution in [0.5, 0.6) is 0 Å². The Labute approximate surface area is 241 Å². The summed E-state index contributed by atoms with van der Waals surface area (Å²) >= 11 is 0. The van der Waals surface area contributed by atoms with Crippen LogP contribution in [0.3, 0.4) is 0 Å². The maximum absolute atomic E-state index is 12.5. The number of alkyl carbamates (subject to hydrolysis) is 1. The van der Waals surface area contributed by atoms with Crippen LogP contribution >= 0.6 is 7.82 Å². The van der Waals surface area contributed by atoms with E-state index < -0.39 is 13.9 Å². The number of amides is 2. The first-order chi connectivity index (χ1) is 19.4. The zero-order valence-electron chi connectivity index (χ0n) is 24.7. The van der Waals surface area contributed by atoms with Gasteiger partial charge in [-0.2, -0.15) is 0 Å². The molecule has 2 amide bonds. The summed E-state index contributed by atoms with van der Waals surface area (Å²) in [6.07, 6.45) is 15.3. The van der Waals surface area contributed by atoms with Crippen molar-refractivity contribution in [2.45, 2.75) is 123 Å². The lowest BCUT2D eigenvalue weighted by molar-refractivity contribution is -0.122. The summed E-state index contributed by atoms with van der Waals surface area (Å²) in [7, 11) is -4.35. The van der Waals surface area contributed by atoms with Gasteiger partial charge in [0.25, 0.3) is 0 Å². The third-order valence-electron chi connectivity index (χ3n) is 6.56. The second-order valence-corrected chi connectivity index (χ2v) is 11.7. The molecule has 9 nitrogen and oxygen atoms in total. The van der Waals surface area contributed by atoms with E-state index in [9.17, 15) is 19.0 Å². The highest BCUT2D eigenvalue weighted by atomic mass is 31.2. The Balaban J connectivity index is 2.29. The summed E-state index contributed by atoms with van der Waals surface area (Å²) in [5.41, 5.74) is 0.853. The van der Waals surface area contributed by atoms with Gasteiger partial charge in [0.2, 0.25) is 5.91 Å². The molecule has 0 spiro atoms. The SMILES string of the molecule is CCCCCCCCCCCC(=O)NC(CCCCCC)COP(=O)(O)OCCNC(=O)OCc1ccccc1. The van der Waals surface area contributed by atoms with Gasteiger partial charge in [-0.3, -0.25) is 13.8 Å². The van der Waals surface area contributed by atoms with Crippen molar-refractivity contribution in [2.24, 2.45) is 0 Å². The molecule has 40 heavy (non-hydrogen) atoms. The molecular formula is C30H53N2O7P. The van der Waals surface area contributed by atoms with E-state index in [2.05, 4.69) is 24.5 Å². The highest BCUT2D eigenvalue weighted by molar-refractivity contribution is 7.47. The molecule has 0 bridgehead atoms. The summed E-state index contributed by atoms with van der Waals surface area (Å²) in [6.45, 7) is 4.12. The van der Waals surface area contributed by atoms with Crippen LogP contribution < -0.4 is 10.6 Å². The van der Waals surface area contributed by atoms with Crippen LogP contribution in [-0.4, -0.2) is 42.7 Å². The average Bonchev–Trinajstić information content (AvgIpc) is 2.94. The summed E-state index contributed by atoms with van der Waals surface area (Å²) in [5.74, 6) is -0.0565. The van der Waals surface area contributed by atoms with E-state index in [1.54, 1.807) is 0 Å². The zero-order chi connectivity index (χ0) is 29.3. The van der Waals surface area contributed by atoms with Crippen LogP contribution in [0.2, 0.25) is 0 Å². The Hall–Kier alpha value is -1.93. The predicted octanol–water partition coefficient (Wildman–Crippen LogP) is 7.42. The molecule has 0 heterocycles. The molecule has 0 aromatic heterocycles. The lowest BCUT2D eigenvalue weighted by atomic mass is 10.1. The number of rotatable bonds is 25. The van der Waals surface area contributed by atoms with Crippen molar-refractivity contribution in [3.8, 4) is 0 Å². The van der Waals surface area contributed by atoms with Gasteiger partial charge in [-0.25, -0.2) is 9.36 Å².